The van der Waals surface area contributed by atoms with Crippen molar-refractivity contribution in [3.05, 3.63) is 12.7 Å². The zero-order valence-corrected chi connectivity index (χ0v) is 10.5. The van der Waals surface area contributed by atoms with Gasteiger partial charge in [0.1, 0.15) is 0 Å². The third kappa shape index (κ3) is 3.97. The van der Waals surface area contributed by atoms with Crippen LogP contribution < -0.4 is 5.32 Å². The van der Waals surface area contributed by atoms with Crippen molar-refractivity contribution >= 4 is 5.91 Å². The quantitative estimate of drug-likeness (QED) is 0.699. The predicted octanol–water partition coefficient (Wildman–Crippen LogP) is 1.94. The molecule has 0 bridgehead atoms. The van der Waals surface area contributed by atoms with Crippen LogP contribution in [0.25, 0.3) is 0 Å². The van der Waals surface area contributed by atoms with Crippen LogP contribution in [0.2, 0.25) is 0 Å². The molecule has 1 N–H and O–H groups in total. The van der Waals surface area contributed by atoms with Gasteiger partial charge in [-0.25, -0.2) is 0 Å². The summed E-state index contributed by atoms with van der Waals surface area (Å²) in [5.41, 5.74) is 0. The molecular formula is C13H24N2O. The Morgan fingerprint density at radius 3 is 3.00 bits per heavy atom. The maximum atomic E-state index is 11.4. The minimum Gasteiger partial charge on any atom is -0.344 e. The number of amides is 1. The molecule has 0 aromatic heterocycles. The van der Waals surface area contributed by atoms with Crippen LogP contribution in [0.3, 0.4) is 0 Å². The number of nitrogens with zero attached hydrogens (tertiary/aromatic N) is 1. The van der Waals surface area contributed by atoms with Gasteiger partial charge in [-0.15, -0.1) is 6.58 Å². The lowest BCUT2D eigenvalue weighted by molar-refractivity contribution is -0.132. The van der Waals surface area contributed by atoms with Crippen LogP contribution in [0.1, 0.15) is 39.0 Å². The van der Waals surface area contributed by atoms with Crippen LogP contribution in [-0.4, -0.2) is 36.5 Å². The molecule has 2 unspecified atom stereocenters. The Kier molecular flexibility index (Phi) is 5.53. The monoisotopic (exact) mass is 224 g/mol. The van der Waals surface area contributed by atoms with Crippen molar-refractivity contribution in [2.75, 3.05) is 13.6 Å². The van der Waals surface area contributed by atoms with Gasteiger partial charge in [0.05, 0.1) is 0 Å². The number of likely N-dealkylation sites (tertiary alicyclic amines) is 1. The van der Waals surface area contributed by atoms with Crippen LogP contribution in [0.15, 0.2) is 12.7 Å². The molecule has 1 aliphatic rings. The number of carbonyl (C=O) groups is 1. The zero-order chi connectivity index (χ0) is 12.0. The average molecular weight is 224 g/mol. The fourth-order valence-corrected chi connectivity index (χ4v) is 2.21. The molecule has 0 aromatic rings. The number of nitrogens with one attached hydrogen (secondary N) is 1. The second-order valence-electron chi connectivity index (χ2n) is 4.65. The summed E-state index contributed by atoms with van der Waals surface area (Å²) in [6, 6.07) is 1.03. The highest BCUT2D eigenvalue weighted by atomic mass is 16.2. The van der Waals surface area contributed by atoms with Crippen LogP contribution in [0.5, 0.6) is 0 Å². The number of piperidine rings is 1. The summed E-state index contributed by atoms with van der Waals surface area (Å²) in [6.45, 7) is 6.81. The van der Waals surface area contributed by atoms with E-state index in [9.17, 15) is 4.79 Å². The molecule has 2 atom stereocenters. The maximum absolute atomic E-state index is 11.4. The second kappa shape index (κ2) is 6.69. The summed E-state index contributed by atoms with van der Waals surface area (Å²) >= 11 is 0. The smallest absolute Gasteiger partial charge is 0.222 e. The first-order valence-corrected chi connectivity index (χ1v) is 6.28. The molecule has 0 aromatic carbocycles. The lowest BCUT2D eigenvalue weighted by Crippen LogP contribution is -2.49. The minimum absolute atomic E-state index is 0.275. The Morgan fingerprint density at radius 2 is 2.44 bits per heavy atom. The minimum atomic E-state index is 0.275. The molecule has 0 spiro atoms. The van der Waals surface area contributed by atoms with Crippen molar-refractivity contribution in [1.82, 2.24) is 10.2 Å². The van der Waals surface area contributed by atoms with E-state index in [4.69, 9.17) is 0 Å². The van der Waals surface area contributed by atoms with Gasteiger partial charge in [0.2, 0.25) is 5.91 Å². The Morgan fingerprint density at radius 1 is 1.69 bits per heavy atom. The number of rotatable bonds is 6. The first kappa shape index (κ1) is 13.2. The molecule has 1 aliphatic heterocycles. The average Bonchev–Trinajstić information content (AvgIpc) is 2.29. The molecule has 1 rings (SSSR count). The second-order valence-corrected chi connectivity index (χ2v) is 4.65. The number of allylic oxidation sites excluding steroid dienone is 1. The molecule has 16 heavy (non-hydrogen) atoms. The van der Waals surface area contributed by atoms with E-state index in [0.717, 1.165) is 32.2 Å². The fraction of sp³-hybridized carbons (Fsp3) is 0.769. The van der Waals surface area contributed by atoms with E-state index in [0.29, 0.717) is 18.5 Å². The van der Waals surface area contributed by atoms with Gasteiger partial charge in [-0.05, 0) is 25.7 Å². The Labute approximate surface area is 98.9 Å². The SMILES string of the molecule is C=CCCC(CC)NC1CCC(=O)N(C)C1. The summed E-state index contributed by atoms with van der Waals surface area (Å²) in [6.07, 6.45) is 6.99. The maximum Gasteiger partial charge on any atom is 0.222 e. The van der Waals surface area contributed by atoms with Crippen LogP contribution in [-0.2, 0) is 4.79 Å². The number of hydrogen-bond donors (Lipinski definition) is 1. The van der Waals surface area contributed by atoms with Gasteiger partial charge in [-0.2, -0.15) is 0 Å². The molecule has 1 saturated heterocycles. The van der Waals surface area contributed by atoms with Crippen LogP contribution in [0.4, 0.5) is 0 Å². The van der Waals surface area contributed by atoms with Crippen LogP contribution >= 0.6 is 0 Å². The first-order valence-electron chi connectivity index (χ1n) is 6.28. The molecule has 3 heteroatoms. The molecule has 0 aliphatic carbocycles. The Bertz CT molecular complexity index is 240. The van der Waals surface area contributed by atoms with Gasteiger partial charge in [0.25, 0.3) is 0 Å². The lowest BCUT2D eigenvalue weighted by atomic mass is 10.0. The van der Waals surface area contributed by atoms with E-state index in [1.807, 2.05) is 18.0 Å². The largest absolute Gasteiger partial charge is 0.344 e. The van der Waals surface area contributed by atoms with Gasteiger partial charge < -0.3 is 10.2 Å². The van der Waals surface area contributed by atoms with E-state index >= 15 is 0 Å². The van der Waals surface area contributed by atoms with Crippen LogP contribution in [0, 0.1) is 0 Å². The number of carbonyl (C=O) groups excluding carboxylic acids is 1. The highest BCUT2D eigenvalue weighted by molar-refractivity contribution is 5.76. The van der Waals surface area contributed by atoms with Crippen molar-refractivity contribution in [3.63, 3.8) is 0 Å². The van der Waals surface area contributed by atoms with Crippen molar-refractivity contribution in [2.45, 2.75) is 51.1 Å². The molecule has 0 radical (unpaired) electrons. The fourth-order valence-electron chi connectivity index (χ4n) is 2.21. The van der Waals surface area contributed by atoms with Gasteiger partial charge in [0, 0.05) is 32.1 Å². The third-order valence-corrected chi connectivity index (χ3v) is 3.31. The topological polar surface area (TPSA) is 32.3 Å². The van der Waals surface area contributed by atoms with E-state index in [1.54, 1.807) is 0 Å². The predicted molar refractivity (Wildman–Crippen MR) is 67.3 cm³/mol. The summed E-state index contributed by atoms with van der Waals surface area (Å²) < 4.78 is 0. The van der Waals surface area contributed by atoms with Crippen molar-refractivity contribution in [3.8, 4) is 0 Å². The molecule has 1 amide bonds. The highest BCUT2D eigenvalue weighted by Crippen LogP contribution is 2.12. The summed E-state index contributed by atoms with van der Waals surface area (Å²) in [7, 11) is 1.89. The molecule has 92 valence electrons. The van der Waals surface area contributed by atoms with E-state index < -0.39 is 0 Å². The lowest BCUT2D eigenvalue weighted by Gasteiger charge is -2.33. The van der Waals surface area contributed by atoms with Gasteiger partial charge in [-0.3, -0.25) is 4.79 Å². The van der Waals surface area contributed by atoms with E-state index in [2.05, 4.69) is 18.8 Å². The van der Waals surface area contributed by atoms with Crippen molar-refractivity contribution in [1.29, 1.82) is 0 Å². The van der Waals surface area contributed by atoms with E-state index in [1.165, 1.54) is 0 Å². The van der Waals surface area contributed by atoms with Gasteiger partial charge >= 0.3 is 0 Å². The van der Waals surface area contributed by atoms with E-state index in [-0.39, 0.29) is 5.91 Å². The molecule has 3 nitrogen and oxygen atoms in total. The summed E-state index contributed by atoms with van der Waals surface area (Å²) in [5, 5.41) is 3.65. The molecule has 1 fully saturated rings. The summed E-state index contributed by atoms with van der Waals surface area (Å²) in [5.74, 6) is 0.275. The summed E-state index contributed by atoms with van der Waals surface area (Å²) in [4.78, 5) is 13.2. The highest BCUT2D eigenvalue weighted by Gasteiger charge is 2.23. The number of hydrogen-bond acceptors (Lipinski definition) is 2. The molecule has 1 heterocycles. The Hall–Kier alpha value is -0.830. The van der Waals surface area contributed by atoms with Gasteiger partial charge in [0.15, 0.2) is 0 Å². The molecule has 0 saturated carbocycles. The Balaban J connectivity index is 2.34. The third-order valence-electron chi connectivity index (χ3n) is 3.31. The normalized spacial score (nSPS) is 23.2. The number of likely N-dealkylation sites (N-methyl/N-ethyl adjacent to an activating group) is 1. The molecular weight excluding hydrogens is 200 g/mol. The first-order chi connectivity index (χ1) is 7.67. The van der Waals surface area contributed by atoms with Crippen molar-refractivity contribution in [2.24, 2.45) is 0 Å². The van der Waals surface area contributed by atoms with Crippen molar-refractivity contribution < 1.29 is 4.79 Å². The van der Waals surface area contributed by atoms with Gasteiger partial charge in [-0.1, -0.05) is 13.0 Å². The standard InChI is InChI=1S/C13H24N2O/c1-4-6-7-11(5-2)14-12-8-9-13(16)15(3)10-12/h4,11-12,14H,1,5-10H2,2-3H3. The zero-order valence-electron chi connectivity index (χ0n) is 10.5.